The Morgan fingerprint density at radius 3 is 2.41 bits per heavy atom. The van der Waals surface area contributed by atoms with Gasteiger partial charge in [-0.25, -0.2) is 23.3 Å². The number of hydrogen-bond acceptors (Lipinski definition) is 7. The van der Waals surface area contributed by atoms with Crippen molar-refractivity contribution in [3.63, 3.8) is 0 Å². The molecule has 0 radical (unpaired) electrons. The standard InChI is InChI=1S/C27H25FN4O6S/c28-20-1-3-21(4-2-20)38-22-5-8-24(9-6-22)39(35,36)32-13-11-19-17-23(37-16-15-31-14-12-29-18-31)7-10-25(19)26(32)27(33)30-34/h1-10,12,14,17-18,26,34H,11,13,15-16H2,(H,30,33). The van der Waals surface area contributed by atoms with E-state index in [9.17, 15) is 22.8 Å². The van der Waals surface area contributed by atoms with Gasteiger partial charge in [0.1, 0.15) is 35.7 Å². The Bertz CT molecular complexity index is 1540. The summed E-state index contributed by atoms with van der Waals surface area (Å²) in [6.45, 7) is 1.02. The van der Waals surface area contributed by atoms with Crippen molar-refractivity contribution >= 4 is 15.9 Å². The van der Waals surface area contributed by atoms with Crippen LogP contribution in [0.3, 0.4) is 0 Å². The van der Waals surface area contributed by atoms with Gasteiger partial charge in [0.2, 0.25) is 10.0 Å². The van der Waals surface area contributed by atoms with Crippen LogP contribution in [0.1, 0.15) is 17.2 Å². The van der Waals surface area contributed by atoms with Gasteiger partial charge in [0.25, 0.3) is 5.91 Å². The molecule has 10 nitrogen and oxygen atoms in total. The van der Waals surface area contributed by atoms with Crippen LogP contribution in [0.2, 0.25) is 0 Å². The van der Waals surface area contributed by atoms with Crippen LogP contribution in [0, 0.1) is 5.82 Å². The summed E-state index contributed by atoms with van der Waals surface area (Å²) in [5, 5.41) is 9.43. The number of ether oxygens (including phenoxy) is 2. The van der Waals surface area contributed by atoms with Gasteiger partial charge in [0.05, 0.1) is 17.8 Å². The summed E-state index contributed by atoms with van der Waals surface area (Å²) < 4.78 is 54.8. The van der Waals surface area contributed by atoms with E-state index >= 15 is 0 Å². The molecule has 2 N–H and O–H groups in total. The zero-order valence-electron chi connectivity index (χ0n) is 20.6. The normalized spacial score (nSPS) is 15.4. The number of fused-ring (bicyclic) bond motifs is 1. The zero-order valence-corrected chi connectivity index (χ0v) is 21.4. The molecule has 1 atom stereocenters. The number of carbonyl (C=O) groups excluding carboxylic acids is 1. The predicted octanol–water partition coefficient (Wildman–Crippen LogP) is 3.69. The van der Waals surface area contributed by atoms with Gasteiger partial charge in [-0.05, 0) is 78.2 Å². The van der Waals surface area contributed by atoms with Crippen molar-refractivity contribution in [1.82, 2.24) is 19.3 Å². The van der Waals surface area contributed by atoms with Crippen LogP contribution in [-0.2, 0) is 27.8 Å². The molecule has 202 valence electrons. The summed E-state index contributed by atoms with van der Waals surface area (Å²) in [6, 6.07) is 14.9. The predicted molar refractivity (Wildman–Crippen MR) is 137 cm³/mol. The van der Waals surface area contributed by atoms with Crippen LogP contribution >= 0.6 is 0 Å². The highest BCUT2D eigenvalue weighted by atomic mass is 32.2. The van der Waals surface area contributed by atoms with Gasteiger partial charge >= 0.3 is 0 Å². The Balaban J connectivity index is 1.34. The maximum absolute atomic E-state index is 13.6. The molecule has 39 heavy (non-hydrogen) atoms. The van der Waals surface area contributed by atoms with Crippen molar-refractivity contribution in [3.8, 4) is 17.2 Å². The molecule has 0 spiro atoms. The lowest BCUT2D eigenvalue weighted by Crippen LogP contribution is -2.46. The zero-order chi connectivity index (χ0) is 27.4. The van der Waals surface area contributed by atoms with Crippen LogP contribution in [0.25, 0.3) is 0 Å². The van der Waals surface area contributed by atoms with Crippen LogP contribution in [0.4, 0.5) is 4.39 Å². The van der Waals surface area contributed by atoms with Gasteiger partial charge in [-0.2, -0.15) is 4.31 Å². The van der Waals surface area contributed by atoms with Crippen LogP contribution < -0.4 is 15.0 Å². The van der Waals surface area contributed by atoms with Gasteiger partial charge in [0.15, 0.2) is 0 Å². The van der Waals surface area contributed by atoms with Crippen molar-refractivity contribution in [2.45, 2.75) is 23.9 Å². The molecule has 12 heteroatoms. The second kappa shape index (κ2) is 11.2. The molecule has 0 saturated heterocycles. The van der Waals surface area contributed by atoms with Crippen molar-refractivity contribution in [2.24, 2.45) is 0 Å². The first-order valence-electron chi connectivity index (χ1n) is 12.1. The Hall–Kier alpha value is -4.26. The summed E-state index contributed by atoms with van der Waals surface area (Å²) in [7, 11) is -4.14. The Kier molecular flexibility index (Phi) is 7.59. The third kappa shape index (κ3) is 5.77. The molecule has 5 rings (SSSR count). The van der Waals surface area contributed by atoms with Crippen LogP contribution in [0.5, 0.6) is 17.2 Å². The minimum Gasteiger partial charge on any atom is -0.492 e. The highest BCUT2D eigenvalue weighted by Crippen LogP contribution is 2.36. The van der Waals surface area contributed by atoms with Gasteiger partial charge in [-0.3, -0.25) is 10.0 Å². The fourth-order valence-corrected chi connectivity index (χ4v) is 5.97. The topological polar surface area (TPSA) is 123 Å². The average molecular weight is 553 g/mol. The van der Waals surface area contributed by atoms with Gasteiger partial charge in [-0.1, -0.05) is 6.07 Å². The van der Waals surface area contributed by atoms with E-state index in [0.29, 0.717) is 42.4 Å². The van der Waals surface area contributed by atoms with Gasteiger partial charge in [0, 0.05) is 18.9 Å². The van der Waals surface area contributed by atoms with E-state index in [0.717, 1.165) is 9.87 Å². The summed E-state index contributed by atoms with van der Waals surface area (Å²) in [4.78, 5) is 16.7. The van der Waals surface area contributed by atoms with Crippen molar-refractivity contribution < 1.29 is 32.3 Å². The third-order valence-electron chi connectivity index (χ3n) is 6.31. The average Bonchev–Trinajstić information content (AvgIpc) is 3.47. The maximum Gasteiger partial charge on any atom is 0.266 e. The smallest absolute Gasteiger partial charge is 0.266 e. The Morgan fingerprint density at radius 2 is 1.74 bits per heavy atom. The molecule has 0 saturated carbocycles. The molecule has 1 amide bonds. The first-order valence-corrected chi connectivity index (χ1v) is 13.5. The van der Waals surface area contributed by atoms with Crippen LogP contribution in [0.15, 0.2) is 90.3 Å². The number of hydroxylamine groups is 1. The summed E-state index contributed by atoms with van der Waals surface area (Å²) >= 11 is 0. The van der Waals surface area contributed by atoms with E-state index in [1.54, 1.807) is 36.2 Å². The number of rotatable bonds is 9. The minimum atomic E-state index is -4.14. The lowest BCUT2D eigenvalue weighted by molar-refractivity contribution is -0.133. The van der Waals surface area contributed by atoms with Gasteiger partial charge in [-0.15, -0.1) is 0 Å². The summed E-state index contributed by atoms with van der Waals surface area (Å²) in [5.74, 6) is 0.0662. The first kappa shape index (κ1) is 26.4. The van der Waals surface area contributed by atoms with Crippen molar-refractivity contribution in [1.29, 1.82) is 0 Å². The largest absolute Gasteiger partial charge is 0.492 e. The number of carbonyl (C=O) groups is 1. The monoisotopic (exact) mass is 552 g/mol. The first-order chi connectivity index (χ1) is 18.8. The Labute approximate surface area is 224 Å². The molecule has 2 heterocycles. The van der Waals surface area contributed by atoms with Crippen molar-refractivity contribution in [3.05, 3.63) is 102 Å². The van der Waals surface area contributed by atoms with Gasteiger partial charge < -0.3 is 14.0 Å². The number of nitrogens with one attached hydrogen (secondary N) is 1. The quantitative estimate of drug-likeness (QED) is 0.240. The number of aromatic nitrogens is 2. The molecule has 1 aromatic heterocycles. The molecular weight excluding hydrogens is 527 g/mol. The second-order valence-electron chi connectivity index (χ2n) is 8.78. The fourth-order valence-electron chi connectivity index (χ4n) is 4.40. The third-order valence-corrected chi connectivity index (χ3v) is 8.19. The highest BCUT2D eigenvalue weighted by molar-refractivity contribution is 7.89. The van der Waals surface area contributed by atoms with E-state index in [4.69, 9.17) is 9.47 Å². The number of amides is 1. The number of halogens is 1. The molecule has 1 aliphatic rings. The van der Waals surface area contributed by atoms with Crippen molar-refractivity contribution in [2.75, 3.05) is 13.2 Å². The van der Waals surface area contributed by atoms with E-state index in [-0.39, 0.29) is 11.4 Å². The maximum atomic E-state index is 13.6. The van der Waals surface area contributed by atoms with Crippen LogP contribution in [-0.4, -0.2) is 46.5 Å². The minimum absolute atomic E-state index is 0.0136. The molecular formula is C27H25FN4O6S. The summed E-state index contributed by atoms with van der Waals surface area (Å²) in [5.41, 5.74) is 2.80. The molecule has 1 aliphatic heterocycles. The molecule has 0 aliphatic carbocycles. The number of nitrogens with zero attached hydrogens (tertiary/aromatic N) is 3. The molecule has 3 aromatic carbocycles. The number of benzene rings is 3. The molecule has 4 aromatic rings. The number of imidazole rings is 1. The van der Waals surface area contributed by atoms with E-state index < -0.39 is 27.8 Å². The SMILES string of the molecule is O=C(NO)C1c2ccc(OCCn3ccnc3)cc2CCN1S(=O)(=O)c1ccc(Oc2ccc(F)cc2)cc1. The lowest BCUT2D eigenvalue weighted by Gasteiger charge is -2.35. The lowest BCUT2D eigenvalue weighted by atomic mass is 9.93. The number of sulfonamides is 1. The summed E-state index contributed by atoms with van der Waals surface area (Å²) in [6.07, 6.45) is 5.54. The molecule has 0 fully saturated rings. The fraction of sp³-hybridized carbons (Fsp3) is 0.185. The second-order valence-corrected chi connectivity index (χ2v) is 10.7. The highest BCUT2D eigenvalue weighted by Gasteiger charge is 2.40. The van der Waals surface area contributed by atoms with E-state index in [2.05, 4.69) is 4.98 Å². The Morgan fingerprint density at radius 1 is 1.05 bits per heavy atom. The number of hydrogen-bond donors (Lipinski definition) is 2. The van der Waals surface area contributed by atoms with E-state index in [1.165, 1.54) is 48.5 Å². The van der Waals surface area contributed by atoms with E-state index in [1.807, 2.05) is 10.8 Å². The molecule has 1 unspecified atom stereocenters. The molecule has 0 bridgehead atoms.